The van der Waals surface area contributed by atoms with Crippen LogP contribution in [0.1, 0.15) is 15.9 Å². The van der Waals surface area contributed by atoms with Crippen molar-refractivity contribution in [1.29, 1.82) is 0 Å². The number of aromatic carboxylic acids is 1. The van der Waals surface area contributed by atoms with Gasteiger partial charge in [-0.3, -0.25) is 0 Å². The molecule has 0 saturated carbocycles. The van der Waals surface area contributed by atoms with Crippen molar-refractivity contribution in [3.05, 3.63) is 59.7 Å². The molecule has 0 aliphatic heterocycles. The average Bonchev–Trinajstić information content (AvgIpc) is 2.46. The fourth-order valence-corrected chi connectivity index (χ4v) is 1.84. The molecule has 0 spiro atoms. The molecule has 2 rings (SSSR count). The fourth-order valence-electron chi connectivity index (χ4n) is 1.58. The molecule has 21 heavy (non-hydrogen) atoms. The molecule has 1 unspecified atom stereocenters. The van der Waals surface area contributed by atoms with Crippen LogP contribution in [0.15, 0.2) is 48.5 Å². The number of hydrogen-bond acceptors (Lipinski definition) is 4. The first-order valence-corrected chi connectivity index (χ1v) is 6.83. The topological polar surface area (TPSA) is 72.8 Å². The van der Waals surface area contributed by atoms with Crippen LogP contribution in [-0.2, 0) is 18.1 Å². The number of carboxylic acid groups (broad SMARTS) is 1. The van der Waals surface area contributed by atoms with Crippen LogP contribution in [0.3, 0.4) is 0 Å². The lowest BCUT2D eigenvalue weighted by molar-refractivity contribution is 0.0697. The van der Waals surface area contributed by atoms with Crippen LogP contribution < -0.4 is 8.92 Å². The Hall–Kier alpha value is -2.41. The molecule has 7 heteroatoms. The maximum atomic E-state index is 12.1. The lowest BCUT2D eigenvalue weighted by atomic mass is 10.1. The number of halogens is 1. The largest absolute Gasteiger partial charge is 0.489 e. The lowest BCUT2D eigenvalue weighted by Crippen LogP contribution is -1.99. The zero-order chi connectivity index (χ0) is 15.2. The van der Waals surface area contributed by atoms with Gasteiger partial charge in [0.25, 0.3) is 0 Å². The summed E-state index contributed by atoms with van der Waals surface area (Å²) in [6, 6.07) is 12.3. The van der Waals surface area contributed by atoms with Gasteiger partial charge in [-0.05, 0) is 42.0 Å². The van der Waals surface area contributed by atoms with E-state index in [1.165, 1.54) is 24.3 Å². The van der Waals surface area contributed by atoms with Gasteiger partial charge in [0, 0.05) is 0 Å². The van der Waals surface area contributed by atoms with E-state index < -0.39 is 17.4 Å². The van der Waals surface area contributed by atoms with E-state index in [1.54, 1.807) is 24.3 Å². The predicted molar refractivity (Wildman–Crippen MR) is 74.1 cm³/mol. The standard InChI is InChI=1S/C14H11FO5S/c15-21(18)20-13-7-5-12(6-8-13)19-9-10-1-3-11(4-2-10)14(16)17/h1-8H,9H2,(H,16,17). The highest BCUT2D eigenvalue weighted by Gasteiger charge is 2.03. The van der Waals surface area contributed by atoms with Crippen molar-refractivity contribution in [2.75, 3.05) is 0 Å². The number of hydrogen-bond donors (Lipinski definition) is 1. The van der Waals surface area contributed by atoms with Crippen LogP contribution in [0.2, 0.25) is 0 Å². The van der Waals surface area contributed by atoms with E-state index in [0.717, 1.165) is 5.56 Å². The molecule has 0 aromatic heterocycles. The van der Waals surface area contributed by atoms with Crippen LogP contribution >= 0.6 is 0 Å². The van der Waals surface area contributed by atoms with E-state index in [1.807, 2.05) is 0 Å². The van der Waals surface area contributed by atoms with Crippen molar-refractivity contribution in [3.63, 3.8) is 0 Å². The van der Waals surface area contributed by atoms with Gasteiger partial charge in [-0.15, -0.1) is 0 Å². The molecule has 0 aliphatic carbocycles. The average molecular weight is 310 g/mol. The molecular weight excluding hydrogens is 299 g/mol. The summed E-state index contributed by atoms with van der Waals surface area (Å²) in [5.41, 5.74) is 1.02. The summed E-state index contributed by atoms with van der Waals surface area (Å²) in [5, 5.41) is 8.78. The summed E-state index contributed by atoms with van der Waals surface area (Å²) in [6.45, 7) is 0.259. The third-order valence-electron chi connectivity index (χ3n) is 2.59. The summed E-state index contributed by atoms with van der Waals surface area (Å²) in [4.78, 5) is 10.7. The normalized spacial score (nSPS) is 11.7. The molecule has 110 valence electrons. The van der Waals surface area contributed by atoms with Crippen molar-refractivity contribution >= 4 is 17.4 Å². The fraction of sp³-hybridized carbons (Fsp3) is 0.0714. The smallest absolute Gasteiger partial charge is 0.401 e. The van der Waals surface area contributed by atoms with Gasteiger partial charge in [0.2, 0.25) is 0 Å². The van der Waals surface area contributed by atoms with E-state index in [2.05, 4.69) is 4.18 Å². The first-order chi connectivity index (χ1) is 10.0. The highest BCUT2D eigenvalue weighted by atomic mass is 32.2. The van der Waals surface area contributed by atoms with Crippen molar-refractivity contribution < 1.29 is 26.9 Å². The van der Waals surface area contributed by atoms with E-state index in [-0.39, 0.29) is 17.9 Å². The molecule has 2 aromatic carbocycles. The van der Waals surface area contributed by atoms with E-state index in [9.17, 15) is 12.9 Å². The summed E-state index contributed by atoms with van der Waals surface area (Å²) in [6.07, 6.45) is 0. The zero-order valence-corrected chi connectivity index (χ0v) is 11.5. The minimum atomic E-state index is -2.85. The number of rotatable bonds is 6. The second kappa shape index (κ2) is 6.85. The van der Waals surface area contributed by atoms with Gasteiger partial charge in [0.15, 0.2) is 0 Å². The number of benzene rings is 2. The highest BCUT2D eigenvalue weighted by molar-refractivity contribution is 7.75. The first-order valence-electron chi connectivity index (χ1n) is 5.86. The van der Waals surface area contributed by atoms with Crippen molar-refractivity contribution in [3.8, 4) is 11.5 Å². The van der Waals surface area contributed by atoms with Gasteiger partial charge in [-0.2, -0.15) is 4.21 Å². The summed E-state index contributed by atoms with van der Waals surface area (Å²) in [5.74, 6) is -0.327. The van der Waals surface area contributed by atoms with Crippen LogP contribution in [0.25, 0.3) is 0 Å². The second-order valence-corrected chi connectivity index (χ2v) is 4.59. The Morgan fingerprint density at radius 1 is 1.05 bits per heavy atom. The van der Waals surface area contributed by atoms with Crippen molar-refractivity contribution in [1.82, 2.24) is 0 Å². The molecule has 0 saturated heterocycles. The van der Waals surface area contributed by atoms with Gasteiger partial charge in [0.05, 0.1) is 5.56 Å². The summed E-state index contributed by atoms with van der Waals surface area (Å²) >= 11 is -2.85. The first kappa shape index (κ1) is 15.0. The lowest BCUT2D eigenvalue weighted by Gasteiger charge is -2.07. The Morgan fingerprint density at radius 3 is 2.14 bits per heavy atom. The van der Waals surface area contributed by atoms with Gasteiger partial charge in [-0.1, -0.05) is 16.0 Å². The highest BCUT2D eigenvalue weighted by Crippen LogP contribution is 2.19. The Kier molecular flexibility index (Phi) is 4.89. The Balaban J connectivity index is 1.93. The third-order valence-corrected chi connectivity index (χ3v) is 2.92. The quantitative estimate of drug-likeness (QED) is 0.831. The van der Waals surface area contributed by atoms with Crippen LogP contribution in [0.5, 0.6) is 11.5 Å². The number of carbonyl (C=O) groups is 1. The second-order valence-electron chi connectivity index (χ2n) is 4.04. The minimum Gasteiger partial charge on any atom is -0.489 e. The third kappa shape index (κ3) is 4.57. The molecule has 0 amide bonds. The molecule has 0 heterocycles. The maximum absolute atomic E-state index is 12.1. The summed E-state index contributed by atoms with van der Waals surface area (Å²) < 4.78 is 32.2. The minimum absolute atomic E-state index is 0.133. The van der Waals surface area contributed by atoms with Crippen LogP contribution in [0.4, 0.5) is 3.89 Å². The number of ether oxygens (including phenoxy) is 1. The SMILES string of the molecule is O=C(O)c1ccc(COc2ccc(OS(=O)F)cc2)cc1. The van der Waals surface area contributed by atoms with Gasteiger partial charge in [-0.25, -0.2) is 4.79 Å². The van der Waals surface area contributed by atoms with E-state index in [0.29, 0.717) is 5.75 Å². The van der Waals surface area contributed by atoms with Gasteiger partial charge < -0.3 is 14.0 Å². The molecule has 0 aliphatic rings. The van der Waals surface area contributed by atoms with E-state index in [4.69, 9.17) is 9.84 Å². The molecule has 5 nitrogen and oxygen atoms in total. The van der Waals surface area contributed by atoms with Crippen LogP contribution in [-0.4, -0.2) is 15.3 Å². The molecule has 1 atom stereocenters. The Labute approximate surface area is 122 Å². The van der Waals surface area contributed by atoms with Crippen molar-refractivity contribution in [2.24, 2.45) is 0 Å². The van der Waals surface area contributed by atoms with Crippen molar-refractivity contribution in [2.45, 2.75) is 6.61 Å². The van der Waals surface area contributed by atoms with E-state index >= 15 is 0 Å². The maximum Gasteiger partial charge on any atom is 0.401 e. The summed E-state index contributed by atoms with van der Waals surface area (Å²) in [7, 11) is 0. The number of carboxylic acids is 1. The Morgan fingerprint density at radius 2 is 1.62 bits per heavy atom. The monoisotopic (exact) mass is 310 g/mol. The van der Waals surface area contributed by atoms with Gasteiger partial charge >= 0.3 is 17.4 Å². The zero-order valence-electron chi connectivity index (χ0n) is 10.7. The molecule has 0 fully saturated rings. The predicted octanol–water partition coefficient (Wildman–Crippen LogP) is 2.89. The van der Waals surface area contributed by atoms with Crippen LogP contribution in [0, 0.1) is 0 Å². The Bertz CT molecular complexity index is 639. The molecule has 1 N–H and O–H groups in total. The molecule has 2 aromatic rings. The molecule has 0 radical (unpaired) electrons. The molecule has 0 bridgehead atoms. The van der Waals surface area contributed by atoms with Gasteiger partial charge in [0.1, 0.15) is 18.1 Å². The molecular formula is C14H11FO5S.